The monoisotopic (exact) mass is 180 g/mol. The molecular weight excluding hydrogens is 168 g/mol. The Balaban J connectivity index is 2.19. The molecule has 5 nitrogen and oxygen atoms in total. The van der Waals surface area contributed by atoms with Gasteiger partial charge in [-0.25, -0.2) is 4.98 Å². The standard InChI is InChI=1S/C8H12N4O/c1-2-3-4-8(13)9-5-7-10-6-11-12-7/h2,6H,1,3-5H2,(H,9,13)(H,10,11,12). The first-order chi connectivity index (χ1) is 6.33. The fourth-order valence-electron chi connectivity index (χ4n) is 0.820. The quantitative estimate of drug-likeness (QED) is 0.644. The van der Waals surface area contributed by atoms with Crippen molar-refractivity contribution in [1.82, 2.24) is 20.5 Å². The van der Waals surface area contributed by atoms with Crippen LogP contribution in [0.5, 0.6) is 0 Å². The van der Waals surface area contributed by atoms with E-state index in [2.05, 4.69) is 27.1 Å². The van der Waals surface area contributed by atoms with E-state index in [1.165, 1.54) is 6.33 Å². The van der Waals surface area contributed by atoms with Crippen molar-refractivity contribution >= 4 is 5.91 Å². The van der Waals surface area contributed by atoms with Gasteiger partial charge in [0.25, 0.3) is 0 Å². The minimum atomic E-state index is -0.00343. The molecule has 0 aromatic carbocycles. The third-order valence-electron chi connectivity index (χ3n) is 1.49. The first-order valence-corrected chi connectivity index (χ1v) is 4.04. The van der Waals surface area contributed by atoms with Crippen LogP contribution in [-0.4, -0.2) is 21.1 Å². The molecule has 1 aromatic heterocycles. The molecule has 13 heavy (non-hydrogen) atoms. The third-order valence-corrected chi connectivity index (χ3v) is 1.49. The van der Waals surface area contributed by atoms with Gasteiger partial charge < -0.3 is 5.32 Å². The Bertz CT molecular complexity index is 268. The van der Waals surface area contributed by atoms with Gasteiger partial charge in [0.1, 0.15) is 12.2 Å². The van der Waals surface area contributed by atoms with Crippen LogP contribution in [0.4, 0.5) is 0 Å². The summed E-state index contributed by atoms with van der Waals surface area (Å²) in [5.41, 5.74) is 0. The first-order valence-electron chi connectivity index (χ1n) is 4.04. The van der Waals surface area contributed by atoms with Gasteiger partial charge in [-0.15, -0.1) is 6.58 Å². The van der Waals surface area contributed by atoms with Crippen LogP contribution < -0.4 is 5.32 Å². The molecule has 0 saturated carbocycles. The van der Waals surface area contributed by atoms with Gasteiger partial charge in [0.15, 0.2) is 0 Å². The Labute approximate surface area is 76.3 Å². The summed E-state index contributed by atoms with van der Waals surface area (Å²) in [5.74, 6) is 0.656. The Morgan fingerprint density at radius 3 is 3.23 bits per heavy atom. The van der Waals surface area contributed by atoms with E-state index in [4.69, 9.17) is 0 Å². The fraction of sp³-hybridized carbons (Fsp3) is 0.375. The number of nitrogens with one attached hydrogen (secondary N) is 2. The maximum atomic E-state index is 11.1. The van der Waals surface area contributed by atoms with Gasteiger partial charge in [-0.2, -0.15) is 5.10 Å². The summed E-state index contributed by atoms with van der Waals surface area (Å²) < 4.78 is 0. The van der Waals surface area contributed by atoms with Crippen molar-refractivity contribution < 1.29 is 4.79 Å². The molecule has 0 radical (unpaired) electrons. The second-order valence-electron chi connectivity index (χ2n) is 2.54. The van der Waals surface area contributed by atoms with Crippen molar-refractivity contribution in [2.45, 2.75) is 19.4 Å². The third kappa shape index (κ3) is 3.50. The number of carbonyl (C=O) groups is 1. The molecular formula is C8H12N4O. The summed E-state index contributed by atoms with van der Waals surface area (Å²) in [4.78, 5) is 14.9. The molecule has 0 spiro atoms. The Morgan fingerprint density at radius 2 is 2.62 bits per heavy atom. The molecule has 0 atom stereocenters. The van der Waals surface area contributed by atoms with Crippen molar-refractivity contribution in [3.05, 3.63) is 24.8 Å². The smallest absolute Gasteiger partial charge is 0.220 e. The summed E-state index contributed by atoms with van der Waals surface area (Å²) in [6, 6.07) is 0. The number of aromatic nitrogens is 3. The van der Waals surface area contributed by atoms with E-state index in [9.17, 15) is 4.79 Å². The van der Waals surface area contributed by atoms with Crippen LogP contribution in [-0.2, 0) is 11.3 Å². The predicted molar refractivity (Wildman–Crippen MR) is 47.7 cm³/mol. The van der Waals surface area contributed by atoms with Crippen molar-refractivity contribution in [3.63, 3.8) is 0 Å². The number of H-pyrrole nitrogens is 1. The largest absolute Gasteiger partial charge is 0.349 e. The zero-order chi connectivity index (χ0) is 9.52. The molecule has 1 rings (SSSR count). The molecule has 0 aliphatic rings. The van der Waals surface area contributed by atoms with Gasteiger partial charge in [0.05, 0.1) is 6.54 Å². The van der Waals surface area contributed by atoms with Crippen LogP contribution in [0.25, 0.3) is 0 Å². The van der Waals surface area contributed by atoms with Crippen molar-refractivity contribution in [1.29, 1.82) is 0 Å². The van der Waals surface area contributed by atoms with E-state index in [1.54, 1.807) is 6.08 Å². The second-order valence-corrected chi connectivity index (χ2v) is 2.54. The molecule has 0 fully saturated rings. The zero-order valence-corrected chi connectivity index (χ0v) is 7.29. The highest BCUT2D eigenvalue weighted by Crippen LogP contribution is 1.90. The minimum Gasteiger partial charge on any atom is -0.349 e. The van der Waals surface area contributed by atoms with E-state index >= 15 is 0 Å². The first kappa shape index (κ1) is 9.44. The number of allylic oxidation sites excluding steroid dienone is 1. The van der Waals surface area contributed by atoms with E-state index in [1.807, 2.05) is 0 Å². The predicted octanol–water partition coefficient (Wildman–Crippen LogP) is 0.387. The SMILES string of the molecule is C=CCCC(=O)NCc1ncn[nH]1. The zero-order valence-electron chi connectivity index (χ0n) is 7.29. The molecule has 70 valence electrons. The lowest BCUT2D eigenvalue weighted by atomic mass is 10.3. The molecule has 1 heterocycles. The highest BCUT2D eigenvalue weighted by Gasteiger charge is 2.00. The molecule has 0 bridgehead atoms. The average molecular weight is 180 g/mol. The lowest BCUT2D eigenvalue weighted by Gasteiger charge is -2.00. The summed E-state index contributed by atoms with van der Waals surface area (Å²) in [6.45, 7) is 3.93. The maximum absolute atomic E-state index is 11.1. The fourth-order valence-corrected chi connectivity index (χ4v) is 0.820. The molecule has 1 aromatic rings. The summed E-state index contributed by atoms with van der Waals surface area (Å²) >= 11 is 0. The number of rotatable bonds is 5. The molecule has 5 heteroatoms. The number of carbonyl (C=O) groups excluding carboxylic acids is 1. The normalized spacial score (nSPS) is 9.54. The average Bonchev–Trinajstić information content (AvgIpc) is 2.64. The van der Waals surface area contributed by atoms with Crippen LogP contribution in [0.1, 0.15) is 18.7 Å². The molecule has 0 aliphatic carbocycles. The topological polar surface area (TPSA) is 70.7 Å². The van der Waals surface area contributed by atoms with Gasteiger partial charge in [-0.05, 0) is 6.42 Å². The summed E-state index contributed by atoms with van der Waals surface area (Å²) in [5, 5.41) is 9.01. The number of nitrogens with zero attached hydrogens (tertiary/aromatic N) is 2. The Kier molecular flexibility index (Phi) is 3.69. The van der Waals surface area contributed by atoms with Crippen LogP contribution in [0.15, 0.2) is 19.0 Å². The van der Waals surface area contributed by atoms with Gasteiger partial charge in [-0.1, -0.05) is 6.08 Å². The Hall–Kier alpha value is -1.65. The van der Waals surface area contributed by atoms with Gasteiger partial charge >= 0.3 is 0 Å². The lowest BCUT2D eigenvalue weighted by molar-refractivity contribution is -0.121. The van der Waals surface area contributed by atoms with Gasteiger partial charge in [0, 0.05) is 6.42 Å². The minimum absolute atomic E-state index is 0.00343. The van der Waals surface area contributed by atoms with Crippen molar-refractivity contribution in [2.24, 2.45) is 0 Å². The van der Waals surface area contributed by atoms with Gasteiger partial charge in [0.2, 0.25) is 5.91 Å². The molecule has 0 aliphatic heterocycles. The van der Waals surface area contributed by atoms with E-state index in [0.717, 1.165) is 0 Å². The van der Waals surface area contributed by atoms with Crippen LogP contribution in [0, 0.1) is 0 Å². The maximum Gasteiger partial charge on any atom is 0.220 e. The molecule has 1 amide bonds. The molecule has 0 unspecified atom stereocenters. The number of hydrogen-bond acceptors (Lipinski definition) is 3. The van der Waals surface area contributed by atoms with Crippen molar-refractivity contribution in [2.75, 3.05) is 0 Å². The highest BCUT2D eigenvalue weighted by molar-refractivity contribution is 5.75. The van der Waals surface area contributed by atoms with Crippen LogP contribution >= 0.6 is 0 Å². The number of hydrogen-bond donors (Lipinski definition) is 2. The number of amides is 1. The molecule has 2 N–H and O–H groups in total. The van der Waals surface area contributed by atoms with E-state index in [0.29, 0.717) is 25.2 Å². The number of aromatic amines is 1. The summed E-state index contributed by atoms with van der Waals surface area (Å²) in [7, 11) is 0. The summed E-state index contributed by atoms with van der Waals surface area (Å²) in [6.07, 6.45) is 4.29. The van der Waals surface area contributed by atoms with E-state index in [-0.39, 0.29) is 5.91 Å². The van der Waals surface area contributed by atoms with E-state index < -0.39 is 0 Å². The Morgan fingerprint density at radius 1 is 1.77 bits per heavy atom. The van der Waals surface area contributed by atoms with Crippen molar-refractivity contribution in [3.8, 4) is 0 Å². The second kappa shape index (κ2) is 5.08. The van der Waals surface area contributed by atoms with Crippen LogP contribution in [0.3, 0.4) is 0 Å². The lowest BCUT2D eigenvalue weighted by Crippen LogP contribution is -2.22. The van der Waals surface area contributed by atoms with Gasteiger partial charge in [-0.3, -0.25) is 9.89 Å². The van der Waals surface area contributed by atoms with Crippen LogP contribution in [0.2, 0.25) is 0 Å². The highest BCUT2D eigenvalue weighted by atomic mass is 16.1. The molecule has 0 saturated heterocycles.